The van der Waals surface area contributed by atoms with Crippen molar-refractivity contribution in [3.63, 3.8) is 0 Å². The average molecular weight is 239 g/mol. The second-order valence-corrected chi connectivity index (χ2v) is 4.95. The fourth-order valence-corrected chi connectivity index (χ4v) is 2.53. The maximum atomic E-state index is 11.2. The van der Waals surface area contributed by atoms with Crippen LogP contribution in [-0.4, -0.2) is 32.3 Å². The number of aliphatic carboxylic acids is 1. The van der Waals surface area contributed by atoms with Crippen molar-refractivity contribution in [3.8, 4) is 0 Å². The molecule has 0 bridgehead atoms. The highest BCUT2D eigenvalue weighted by Gasteiger charge is 2.48. The molecule has 1 aromatic heterocycles. The first-order chi connectivity index (χ1) is 7.63. The Morgan fingerprint density at radius 1 is 1.69 bits per heavy atom. The van der Waals surface area contributed by atoms with E-state index in [0.717, 1.165) is 17.9 Å². The zero-order chi connectivity index (χ0) is 11.6. The second-order valence-electron chi connectivity index (χ2n) is 3.96. The van der Waals surface area contributed by atoms with Gasteiger partial charge in [-0.25, -0.2) is 9.97 Å². The SMILES string of the molecule is NC(CSc1ccncn1)(C(=O)O)C1CC1. The molecular weight excluding hydrogens is 226 g/mol. The molecule has 86 valence electrons. The lowest BCUT2D eigenvalue weighted by Crippen LogP contribution is -2.52. The Morgan fingerprint density at radius 3 is 2.94 bits per heavy atom. The molecule has 1 heterocycles. The summed E-state index contributed by atoms with van der Waals surface area (Å²) in [6.45, 7) is 0. The molecule has 1 saturated carbocycles. The van der Waals surface area contributed by atoms with Gasteiger partial charge in [-0.3, -0.25) is 4.79 Å². The summed E-state index contributed by atoms with van der Waals surface area (Å²) in [5.74, 6) is -0.458. The minimum absolute atomic E-state index is 0.110. The molecule has 0 aliphatic heterocycles. The fraction of sp³-hybridized carbons (Fsp3) is 0.500. The van der Waals surface area contributed by atoms with E-state index < -0.39 is 11.5 Å². The van der Waals surface area contributed by atoms with Crippen molar-refractivity contribution < 1.29 is 9.90 Å². The summed E-state index contributed by atoms with van der Waals surface area (Å²) >= 11 is 1.37. The molecule has 6 heteroatoms. The second kappa shape index (κ2) is 4.39. The summed E-state index contributed by atoms with van der Waals surface area (Å²) in [5, 5.41) is 9.91. The molecular formula is C10H13N3O2S. The third kappa shape index (κ3) is 2.33. The van der Waals surface area contributed by atoms with E-state index in [-0.39, 0.29) is 5.92 Å². The molecule has 3 N–H and O–H groups in total. The molecule has 0 aromatic carbocycles. The molecule has 1 aliphatic rings. The van der Waals surface area contributed by atoms with Crippen LogP contribution in [0.5, 0.6) is 0 Å². The third-order valence-electron chi connectivity index (χ3n) is 2.72. The summed E-state index contributed by atoms with van der Waals surface area (Å²) in [4.78, 5) is 19.0. The number of rotatable bonds is 5. The van der Waals surface area contributed by atoms with Crippen LogP contribution in [0, 0.1) is 5.92 Å². The fourth-order valence-electron chi connectivity index (χ4n) is 1.51. The van der Waals surface area contributed by atoms with Gasteiger partial charge >= 0.3 is 5.97 Å². The lowest BCUT2D eigenvalue weighted by molar-refractivity contribution is -0.143. The van der Waals surface area contributed by atoms with Gasteiger partial charge in [-0.2, -0.15) is 0 Å². The Hall–Kier alpha value is -1.14. The van der Waals surface area contributed by atoms with Crippen LogP contribution < -0.4 is 5.73 Å². The van der Waals surface area contributed by atoms with Gasteiger partial charge in [0.2, 0.25) is 0 Å². The number of nitrogens with zero attached hydrogens (tertiary/aromatic N) is 2. The zero-order valence-corrected chi connectivity index (χ0v) is 9.48. The molecule has 1 atom stereocenters. The van der Waals surface area contributed by atoms with E-state index in [1.54, 1.807) is 12.3 Å². The van der Waals surface area contributed by atoms with Gasteiger partial charge in [0.05, 0.1) is 5.03 Å². The number of hydrogen-bond donors (Lipinski definition) is 2. The third-order valence-corrected chi connectivity index (χ3v) is 3.88. The Bertz CT molecular complexity index is 383. The molecule has 1 aliphatic carbocycles. The molecule has 0 amide bonds. The number of carboxylic acids is 1. The predicted molar refractivity (Wildman–Crippen MR) is 60.0 cm³/mol. The Labute approximate surface area is 97.5 Å². The Morgan fingerprint density at radius 2 is 2.44 bits per heavy atom. The molecule has 5 nitrogen and oxygen atoms in total. The lowest BCUT2D eigenvalue weighted by atomic mass is 9.98. The van der Waals surface area contributed by atoms with Crippen molar-refractivity contribution in [1.29, 1.82) is 0 Å². The highest BCUT2D eigenvalue weighted by molar-refractivity contribution is 7.99. The molecule has 0 saturated heterocycles. The standard InChI is InChI=1S/C10H13N3O2S/c11-10(9(14)15,7-1-2-7)5-16-8-3-4-12-6-13-8/h3-4,6-7H,1-2,5,11H2,(H,14,15). The van der Waals surface area contributed by atoms with Crippen LogP contribution in [0.3, 0.4) is 0 Å². The van der Waals surface area contributed by atoms with E-state index >= 15 is 0 Å². The van der Waals surface area contributed by atoms with Crippen molar-refractivity contribution in [2.75, 3.05) is 5.75 Å². The average Bonchev–Trinajstić information content (AvgIpc) is 3.11. The zero-order valence-electron chi connectivity index (χ0n) is 8.67. The largest absolute Gasteiger partial charge is 0.480 e. The maximum Gasteiger partial charge on any atom is 0.324 e. The van der Waals surface area contributed by atoms with Crippen LogP contribution in [0.1, 0.15) is 12.8 Å². The molecule has 1 aromatic rings. The number of nitrogens with two attached hydrogens (primary N) is 1. The van der Waals surface area contributed by atoms with Crippen LogP contribution in [0.2, 0.25) is 0 Å². The van der Waals surface area contributed by atoms with Gasteiger partial charge in [-0.15, -0.1) is 11.8 Å². The summed E-state index contributed by atoms with van der Waals surface area (Å²) in [6, 6.07) is 1.75. The van der Waals surface area contributed by atoms with Gasteiger partial charge in [-0.05, 0) is 24.8 Å². The van der Waals surface area contributed by atoms with Crippen LogP contribution in [0.15, 0.2) is 23.6 Å². The topological polar surface area (TPSA) is 89.1 Å². The first-order valence-electron chi connectivity index (χ1n) is 5.04. The van der Waals surface area contributed by atoms with Crippen molar-refractivity contribution in [2.45, 2.75) is 23.4 Å². The summed E-state index contributed by atoms with van der Waals surface area (Å²) in [6.07, 6.45) is 4.89. The van der Waals surface area contributed by atoms with Crippen LogP contribution in [-0.2, 0) is 4.79 Å². The summed E-state index contributed by atoms with van der Waals surface area (Å²) < 4.78 is 0. The van der Waals surface area contributed by atoms with E-state index in [2.05, 4.69) is 9.97 Å². The molecule has 16 heavy (non-hydrogen) atoms. The van der Waals surface area contributed by atoms with Gasteiger partial charge in [0.25, 0.3) is 0 Å². The monoisotopic (exact) mass is 239 g/mol. The molecule has 2 rings (SSSR count). The molecule has 1 unspecified atom stereocenters. The number of carbonyl (C=O) groups is 1. The number of carboxylic acid groups (broad SMARTS) is 1. The van der Waals surface area contributed by atoms with Crippen LogP contribution >= 0.6 is 11.8 Å². The van der Waals surface area contributed by atoms with Crippen molar-refractivity contribution in [3.05, 3.63) is 18.6 Å². The summed E-state index contributed by atoms with van der Waals surface area (Å²) in [7, 11) is 0. The van der Waals surface area contributed by atoms with Gasteiger partial charge < -0.3 is 10.8 Å². The molecule has 0 radical (unpaired) electrons. The number of hydrogen-bond acceptors (Lipinski definition) is 5. The minimum Gasteiger partial charge on any atom is -0.480 e. The first kappa shape index (κ1) is 11.3. The van der Waals surface area contributed by atoms with E-state index in [1.807, 2.05) is 0 Å². The van der Waals surface area contributed by atoms with E-state index in [1.165, 1.54) is 18.1 Å². The molecule has 0 spiro atoms. The van der Waals surface area contributed by atoms with Crippen molar-refractivity contribution in [2.24, 2.45) is 11.7 Å². The van der Waals surface area contributed by atoms with Crippen LogP contribution in [0.25, 0.3) is 0 Å². The number of aromatic nitrogens is 2. The highest BCUT2D eigenvalue weighted by atomic mass is 32.2. The van der Waals surface area contributed by atoms with Gasteiger partial charge in [0.15, 0.2) is 0 Å². The molecule has 1 fully saturated rings. The highest BCUT2D eigenvalue weighted by Crippen LogP contribution is 2.40. The van der Waals surface area contributed by atoms with E-state index in [0.29, 0.717) is 5.75 Å². The van der Waals surface area contributed by atoms with Crippen molar-refractivity contribution in [1.82, 2.24) is 9.97 Å². The Balaban J connectivity index is 2.00. The van der Waals surface area contributed by atoms with Crippen molar-refractivity contribution >= 4 is 17.7 Å². The number of thioether (sulfide) groups is 1. The van der Waals surface area contributed by atoms with E-state index in [4.69, 9.17) is 10.8 Å². The first-order valence-corrected chi connectivity index (χ1v) is 6.02. The van der Waals surface area contributed by atoms with E-state index in [9.17, 15) is 4.79 Å². The minimum atomic E-state index is -1.12. The van der Waals surface area contributed by atoms with Gasteiger partial charge in [0, 0.05) is 11.9 Å². The quantitative estimate of drug-likeness (QED) is 0.582. The lowest BCUT2D eigenvalue weighted by Gasteiger charge is -2.23. The predicted octanol–water partition coefficient (Wildman–Crippen LogP) is 0.761. The summed E-state index contributed by atoms with van der Waals surface area (Å²) in [5.41, 5.74) is 4.81. The van der Waals surface area contributed by atoms with Gasteiger partial charge in [-0.1, -0.05) is 0 Å². The Kier molecular flexibility index (Phi) is 3.11. The smallest absolute Gasteiger partial charge is 0.324 e. The maximum absolute atomic E-state index is 11.2. The normalized spacial score (nSPS) is 19.1. The van der Waals surface area contributed by atoms with Gasteiger partial charge in [0.1, 0.15) is 11.9 Å². The van der Waals surface area contributed by atoms with Crippen LogP contribution in [0.4, 0.5) is 0 Å².